The first kappa shape index (κ1) is 19.8. The van der Waals surface area contributed by atoms with Gasteiger partial charge in [-0.1, -0.05) is 18.2 Å². The molecule has 0 bridgehead atoms. The highest BCUT2D eigenvalue weighted by molar-refractivity contribution is 7.92. The minimum atomic E-state index is -3.36. The van der Waals surface area contributed by atoms with Gasteiger partial charge < -0.3 is 10.1 Å². The second-order valence-electron chi connectivity index (χ2n) is 6.17. The molecule has 0 aliphatic heterocycles. The van der Waals surface area contributed by atoms with Crippen LogP contribution in [0.2, 0.25) is 0 Å². The van der Waals surface area contributed by atoms with Crippen LogP contribution in [0.4, 0.5) is 5.69 Å². The van der Waals surface area contributed by atoms with Crippen LogP contribution < -0.4 is 14.4 Å². The SMILES string of the molecule is COc1ccccc1C(C)NC(=O)c1ccc(N(C)S(C)(=O)=O)c(C)c1. The van der Waals surface area contributed by atoms with Crippen LogP contribution >= 0.6 is 0 Å². The number of para-hydroxylation sites is 1. The molecule has 1 unspecified atom stereocenters. The Kier molecular flexibility index (Phi) is 5.92. The Bertz CT molecular complexity index is 910. The van der Waals surface area contributed by atoms with Crippen LogP contribution in [0.1, 0.15) is 34.5 Å². The number of aryl methyl sites for hydroxylation is 1. The van der Waals surface area contributed by atoms with Gasteiger partial charge in [-0.25, -0.2) is 8.42 Å². The maximum atomic E-state index is 12.6. The number of carbonyl (C=O) groups is 1. The lowest BCUT2D eigenvalue weighted by molar-refractivity contribution is 0.0939. The molecule has 0 heterocycles. The quantitative estimate of drug-likeness (QED) is 0.841. The molecule has 0 aliphatic rings. The third-order valence-corrected chi connectivity index (χ3v) is 5.44. The molecule has 0 fully saturated rings. The Balaban J connectivity index is 2.21. The van der Waals surface area contributed by atoms with E-state index in [0.717, 1.165) is 11.8 Å². The Hall–Kier alpha value is -2.54. The van der Waals surface area contributed by atoms with Crippen LogP contribution in [0, 0.1) is 6.92 Å². The predicted molar refractivity (Wildman–Crippen MR) is 103 cm³/mol. The molecule has 2 aromatic carbocycles. The average molecular weight is 376 g/mol. The van der Waals surface area contributed by atoms with E-state index >= 15 is 0 Å². The number of hydrogen-bond acceptors (Lipinski definition) is 4. The molecule has 6 nitrogen and oxygen atoms in total. The van der Waals surface area contributed by atoms with E-state index in [9.17, 15) is 13.2 Å². The molecule has 0 aromatic heterocycles. The van der Waals surface area contributed by atoms with Crippen LogP contribution in [0.5, 0.6) is 5.75 Å². The number of ether oxygens (including phenoxy) is 1. The molecular weight excluding hydrogens is 352 g/mol. The minimum absolute atomic E-state index is 0.236. The molecule has 1 atom stereocenters. The van der Waals surface area contributed by atoms with Crippen LogP contribution in [0.25, 0.3) is 0 Å². The molecule has 0 aliphatic carbocycles. The van der Waals surface area contributed by atoms with E-state index in [1.165, 1.54) is 11.4 Å². The number of nitrogens with zero attached hydrogens (tertiary/aromatic N) is 1. The molecule has 7 heteroatoms. The van der Waals surface area contributed by atoms with Crippen molar-refractivity contribution in [2.24, 2.45) is 0 Å². The average Bonchev–Trinajstić information content (AvgIpc) is 2.60. The second-order valence-corrected chi connectivity index (χ2v) is 8.18. The second kappa shape index (κ2) is 7.78. The van der Waals surface area contributed by atoms with E-state index in [0.29, 0.717) is 22.6 Å². The fourth-order valence-corrected chi connectivity index (χ4v) is 3.27. The van der Waals surface area contributed by atoms with Crippen molar-refractivity contribution in [1.82, 2.24) is 5.32 Å². The third kappa shape index (κ3) is 4.35. The van der Waals surface area contributed by atoms with E-state index in [-0.39, 0.29) is 11.9 Å². The van der Waals surface area contributed by atoms with Crippen molar-refractivity contribution in [3.63, 3.8) is 0 Å². The molecule has 26 heavy (non-hydrogen) atoms. The summed E-state index contributed by atoms with van der Waals surface area (Å²) in [6, 6.07) is 12.2. The first-order valence-corrected chi connectivity index (χ1v) is 9.98. The Labute approximate surface area is 154 Å². The number of hydrogen-bond donors (Lipinski definition) is 1. The van der Waals surface area contributed by atoms with Crippen molar-refractivity contribution < 1.29 is 17.9 Å². The molecule has 140 valence electrons. The lowest BCUT2D eigenvalue weighted by atomic mass is 10.1. The van der Waals surface area contributed by atoms with Gasteiger partial charge in [0.2, 0.25) is 10.0 Å². The maximum absolute atomic E-state index is 12.6. The zero-order chi connectivity index (χ0) is 19.5. The van der Waals surface area contributed by atoms with Gasteiger partial charge in [0.25, 0.3) is 5.91 Å². The van der Waals surface area contributed by atoms with Gasteiger partial charge in [0.1, 0.15) is 5.75 Å². The van der Waals surface area contributed by atoms with Gasteiger partial charge in [-0.05, 0) is 43.7 Å². The van der Waals surface area contributed by atoms with Crippen LogP contribution in [-0.2, 0) is 10.0 Å². The summed E-state index contributed by atoms with van der Waals surface area (Å²) >= 11 is 0. The number of anilines is 1. The third-order valence-electron chi connectivity index (χ3n) is 4.25. The first-order chi connectivity index (χ1) is 12.1. The molecule has 0 saturated carbocycles. The van der Waals surface area contributed by atoms with Crippen molar-refractivity contribution in [3.8, 4) is 5.75 Å². The number of sulfonamides is 1. The van der Waals surface area contributed by atoms with Gasteiger partial charge in [0, 0.05) is 18.2 Å². The molecule has 0 radical (unpaired) electrons. The van der Waals surface area contributed by atoms with E-state index in [1.54, 1.807) is 32.2 Å². The van der Waals surface area contributed by atoms with Crippen LogP contribution in [-0.4, -0.2) is 34.7 Å². The molecule has 1 amide bonds. The number of nitrogens with one attached hydrogen (secondary N) is 1. The van der Waals surface area contributed by atoms with Crippen LogP contribution in [0.15, 0.2) is 42.5 Å². The Morgan fingerprint density at radius 2 is 1.85 bits per heavy atom. The summed E-state index contributed by atoms with van der Waals surface area (Å²) in [7, 11) is -0.277. The molecular formula is C19H24N2O4S. The van der Waals surface area contributed by atoms with Crippen molar-refractivity contribution in [1.29, 1.82) is 0 Å². The lowest BCUT2D eigenvalue weighted by Gasteiger charge is -2.20. The van der Waals surface area contributed by atoms with E-state index in [4.69, 9.17) is 4.74 Å². The molecule has 0 saturated heterocycles. The van der Waals surface area contributed by atoms with Gasteiger partial charge in [-0.15, -0.1) is 0 Å². The largest absolute Gasteiger partial charge is 0.496 e. The van der Waals surface area contributed by atoms with Crippen molar-refractivity contribution >= 4 is 21.6 Å². The van der Waals surface area contributed by atoms with E-state index in [1.807, 2.05) is 31.2 Å². The highest BCUT2D eigenvalue weighted by Crippen LogP contribution is 2.26. The molecule has 1 N–H and O–H groups in total. The van der Waals surface area contributed by atoms with E-state index < -0.39 is 10.0 Å². The zero-order valence-corrected chi connectivity index (χ0v) is 16.4. The summed E-state index contributed by atoms with van der Waals surface area (Å²) in [6.45, 7) is 3.66. The molecule has 2 rings (SSSR count). The number of benzene rings is 2. The Morgan fingerprint density at radius 3 is 2.42 bits per heavy atom. The summed E-state index contributed by atoms with van der Waals surface area (Å²) in [5.74, 6) is 0.474. The summed E-state index contributed by atoms with van der Waals surface area (Å²) in [5.41, 5.74) is 2.60. The van der Waals surface area contributed by atoms with Gasteiger partial charge in [-0.3, -0.25) is 9.10 Å². The normalized spacial score (nSPS) is 12.3. The number of rotatable bonds is 6. The predicted octanol–water partition coefficient (Wildman–Crippen LogP) is 2.89. The smallest absolute Gasteiger partial charge is 0.251 e. The number of amides is 1. The van der Waals surface area contributed by atoms with Gasteiger partial charge in [0.15, 0.2) is 0 Å². The highest BCUT2D eigenvalue weighted by atomic mass is 32.2. The van der Waals surface area contributed by atoms with Crippen molar-refractivity contribution in [2.45, 2.75) is 19.9 Å². The van der Waals surface area contributed by atoms with Crippen molar-refractivity contribution in [2.75, 3.05) is 24.7 Å². The summed E-state index contributed by atoms with van der Waals surface area (Å²) in [5, 5.41) is 2.94. The number of methoxy groups -OCH3 is 1. The topological polar surface area (TPSA) is 75.7 Å². The van der Waals surface area contributed by atoms with Crippen molar-refractivity contribution in [3.05, 3.63) is 59.2 Å². The fraction of sp³-hybridized carbons (Fsp3) is 0.316. The summed E-state index contributed by atoms with van der Waals surface area (Å²) < 4.78 is 29.9. The monoisotopic (exact) mass is 376 g/mol. The zero-order valence-electron chi connectivity index (χ0n) is 15.6. The lowest BCUT2D eigenvalue weighted by Crippen LogP contribution is -2.28. The van der Waals surface area contributed by atoms with Gasteiger partial charge in [0.05, 0.1) is 25.1 Å². The number of carbonyl (C=O) groups excluding carboxylic acids is 1. The standard InChI is InChI=1S/C19H24N2O4S/c1-13-12-15(10-11-17(13)21(3)26(5,23)24)19(22)20-14(2)16-8-6-7-9-18(16)25-4/h6-12,14H,1-5H3,(H,20,22). The summed E-state index contributed by atoms with van der Waals surface area (Å²) in [4.78, 5) is 12.6. The molecule has 2 aromatic rings. The maximum Gasteiger partial charge on any atom is 0.251 e. The first-order valence-electron chi connectivity index (χ1n) is 8.13. The van der Waals surface area contributed by atoms with Gasteiger partial charge in [-0.2, -0.15) is 0 Å². The van der Waals surface area contributed by atoms with E-state index in [2.05, 4.69) is 5.32 Å². The van der Waals surface area contributed by atoms with Gasteiger partial charge >= 0.3 is 0 Å². The fourth-order valence-electron chi connectivity index (χ4n) is 2.71. The Morgan fingerprint density at radius 1 is 1.19 bits per heavy atom. The molecule has 0 spiro atoms. The van der Waals surface area contributed by atoms with Crippen LogP contribution in [0.3, 0.4) is 0 Å². The highest BCUT2D eigenvalue weighted by Gasteiger charge is 2.18. The minimum Gasteiger partial charge on any atom is -0.496 e. The summed E-state index contributed by atoms with van der Waals surface area (Å²) in [6.07, 6.45) is 1.14.